The summed E-state index contributed by atoms with van der Waals surface area (Å²) in [5, 5.41) is 4.13. The molecule has 0 radical (unpaired) electrons. The summed E-state index contributed by atoms with van der Waals surface area (Å²) in [6.45, 7) is 10.3. The minimum Gasteiger partial charge on any atom is -0.461 e. The maximum absolute atomic E-state index is 11.6. The monoisotopic (exact) mass is 241 g/mol. The first-order valence-electron chi connectivity index (χ1n) is 6.03. The summed E-state index contributed by atoms with van der Waals surface area (Å²) in [4.78, 5) is 11.6. The number of hydrogen-bond donors (Lipinski definition) is 1. The van der Waals surface area contributed by atoms with Crippen molar-refractivity contribution in [1.29, 1.82) is 0 Å². The molecule has 1 atom stereocenters. The lowest BCUT2D eigenvalue weighted by Gasteiger charge is -2.13. The van der Waals surface area contributed by atoms with Gasteiger partial charge < -0.3 is 10.5 Å². The van der Waals surface area contributed by atoms with E-state index < -0.39 is 0 Å². The predicted octanol–water partition coefficient (Wildman–Crippen LogP) is 1.91. The van der Waals surface area contributed by atoms with Crippen LogP contribution in [-0.4, -0.2) is 28.9 Å². The number of aryl methyl sites for hydroxylation is 1. The van der Waals surface area contributed by atoms with Crippen LogP contribution in [0.3, 0.4) is 0 Å². The summed E-state index contributed by atoms with van der Waals surface area (Å²) >= 11 is 0. The van der Waals surface area contributed by atoms with Crippen molar-refractivity contribution in [3.63, 3.8) is 0 Å². The van der Waals surface area contributed by atoms with Crippen molar-refractivity contribution in [1.82, 2.24) is 9.78 Å². The van der Waals surface area contributed by atoms with E-state index in [2.05, 4.69) is 5.10 Å². The molecule has 0 fully saturated rings. The third kappa shape index (κ3) is 3.85. The second kappa shape index (κ2) is 7.84. The van der Waals surface area contributed by atoms with Crippen LogP contribution < -0.4 is 5.73 Å². The Kier molecular flexibility index (Phi) is 7.21. The summed E-state index contributed by atoms with van der Waals surface area (Å²) in [6.07, 6.45) is 1.65. The highest BCUT2D eigenvalue weighted by Crippen LogP contribution is 2.13. The van der Waals surface area contributed by atoms with E-state index in [0.717, 1.165) is 5.56 Å². The normalized spacial score (nSPS) is 11.4. The van der Waals surface area contributed by atoms with Crippen LogP contribution in [0.5, 0.6) is 0 Å². The second-order valence-corrected chi connectivity index (χ2v) is 3.43. The van der Waals surface area contributed by atoms with Crippen molar-refractivity contribution in [3.05, 3.63) is 17.5 Å². The molecule has 0 saturated heterocycles. The van der Waals surface area contributed by atoms with Crippen molar-refractivity contribution < 1.29 is 9.53 Å². The zero-order chi connectivity index (χ0) is 13.4. The number of carbonyl (C=O) groups is 1. The number of esters is 1. The molecule has 5 heteroatoms. The molecule has 0 spiro atoms. The van der Waals surface area contributed by atoms with Crippen LogP contribution in [0.4, 0.5) is 0 Å². The van der Waals surface area contributed by atoms with Crippen LogP contribution in [0.25, 0.3) is 0 Å². The maximum atomic E-state index is 11.6. The first kappa shape index (κ1) is 15.6. The number of rotatable bonds is 4. The molecule has 1 heterocycles. The molecule has 0 amide bonds. The largest absolute Gasteiger partial charge is 0.461 e. The highest BCUT2D eigenvalue weighted by molar-refractivity contribution is 5.89. The van der Waals surface area contributed by atoms with Crippen molar-refractivity contribution in [3.8, 4) is 0 Å². The first-order valence-corrected chi connectivity index (χ1v) is 6.03. The summed E-state index contributed by atoms with van der Waals surface area (Å²) in [5.74, 6) is -0.340. The summed E-state index contributed by atoms with van der Waals surface area (Å²) in [5.41, 5.74) is 6.85. The lowest BCUT2D eigenvalue weighted by atomic mass is 10.2. The smallest absolute Gasteiger partial charge is 0.356 e. The van der Waals surface area contributed by atoms with Gasteiger partial charge in [-0.1, -0.05) is 13.8 Å². The Morgan fingerprint density at radius 1 is 1.59 bits per heavy atom. The van der Waals surface area contributed by atoms with E-state index >= 15 is 0 Å². The van der Waals surface area contributed by atoms with E-state index in [4.69, 9.17) is 10.5 Å². The van der Waals surface area contributed by atoms with Gasteiger partial charge in [0.25, 0.3) is 0 Å². The van der Waals surface area contributed by atoms with Crippen LogP contribution in [-0.2, 0) is 4.74 Å². The van der Waals surface area contributed by atoms with Gasteiger partial charge in [0.2, 0.25) is 0 Å². The number of aromatic nitrogens is 2. The number of nitrogens with zero attached hydrogens (tertiary/aromatic N) is 2. The second-order valence-electron chi connectivity index (χ2n) is 3.43. The lowest BCUT2D eigenvalue weighted by molar-refractivity contribution is 0.0508. The highest BCUT2D eigenvalue weighted by atomic mass is 16.5. The molecule has 1 rings (SSSR count). The molecular weight excluding hydrogens is 218 g/mol. The zero-order valence-corrected chi connectivity index (χ0v) is 11.4. The van der Waals surface area contributed by atoms with Crippen molar-refractivity contribution in [2.24, 2.45) is 5.73 Å². The summed E-state index contributed by atoms with van der Waals surface area (Å²) < 4.78 is 6.58. The SMILES string of the molecule is CC.CCOC(=O)c1c(C)cnn1C(C)CN. The molecule has 1 aromatic rings. The number of ether oxygens (including phenoxy) is 1. The molecule has 0 aliphatic heterocycles. The molecule has 0 bridgehead atoms. The standard InChI is InChI=1S/C10H17N3O2.C2H6/c1-4-15-10(14)9-7(2)6-12-13(9)8(3)5-11;1-2/h6,8H,4-5,11H2,1-3H3;1-2H3. The van der Waals surface area contributed by atoms with Gasteiger partial charge in [0, 0.05) is 12.1 Å². The Balaban J connectivity index is 0.00000121. The highest BCUT2D eigenvalue weighted by Gasteiger charge is 2.19. The molecule has 5 nitrogen and oxygen atoms in total. The lowest BCUT2D eigenvalue weighted by Crippen LogP contribution is -2.22. The van der Waals surface area contributed by atoms with Gasteiger partial charge in [0.1, 0.15) is 5.69 Å². The summed E-state index contributed by atoms with van der Waals surface area (Å²) in [6, 6.07) is -0.00175. The van der Waals surface area contributed by atoms with Gasteiger partial charge in [-0.2, -0.15) is 5.10 Å². The third-order valence-corrected chi connectivity index (χ3v) is 2.21. The van der Waals surface area contributed by atoms with E-state index in [1.165, 1.54) is 0 Å². The number of carbonyl (C=O) groups excluding carboxylic acids is 1. The van der Waals surface area contributed by atoms with Crippen LogP contribution in [0, 0.1) is 6.92 Å². The van der Waals surface area contributed by atoms with Crippen molar-refractivity contribution >= 4 is 5.97 Å². The van der Waals surface area contributed by atoms with E-state index in [1.54, 1.807) is 17.8 Å². The van der Waals surface area contributed by atoms with Crippen LogP contribution in [0.2, 0.25) is 0 Å². The Morgan fingerprint density at radius 2 is 2.18 bits per heavy atom. The average Bonchev–Trinajstić information content (AvgIpc) is 2.73. The number of hydrogen-bond acceptors (Lipinski definition) is 4. The van der Waals surface area contributed by atoms with Crippen molar-refractivity contribution in [2.75, 3.05) is 13.2 Å². The van der Waals surface area contributed by atoms with Crippen LogP contribution >= 0.6 is 0 Å². The molecule has 1 aromatic heterocycles. The molecule has 17 heavy (non-hydrogen) atoms. The Bertz CT molecular complexity index is 348. The third-order valence-electron chi connectivity index (χ3n) is 2.21. The fourth-order valence-electron chi connectivity index (χ4n) is 1.34. The molecule has 98 valence electrons. The predicted molar refractivity (Wildman–Crippen MR) is 68.0 cm³/mol. The van der Waals surface area contributed by atoms with Gasteiger partial charge in [0.05, 0.1) is 18.8 Å². The Morgan fingerprint density at radius 3 is 2.65 bits per heavy atom. The quantitative estimate of drug-likeness (QED) is 0.817. The van der Waals surface area contributed by atoms with E-state index in [9.17, 15) is 4.79 Å². The molecule has 2 N–H and O–H groups in total. The molecular formula is C12H23N3O2. The van der Waals surface area contributed by atoms with Gasteiger partial charge in [-0.25, -0.2) is 4.79 Å². The Labute approximate surface area is 103 Å². The zero-order valence-electron chi connectivity index (χ0n) is 11.4. The first-order chi connectivity index (χ1) is 8.11. The topological polar surface area (TPSA) is 70.1 Å². The van der Waals surface area contributed by atoms with Gasteiger partial charge in [-0.05, 0) is 20.8 Å². The van der Waals surface area contributed by atoms with Crippen LogP contribution in [0.15, 0.2) is 6.20 Å². The molecule has 0 aromatic carbocycles. The Hall–Kier alpha value is -1.36. The maximum Gasteiger partial charge on any atom is 0.356 e. The van der Waals surface area contributed by atoms with E-state index in [-0.39, 0.29) is 12.0 Å². The fourth-order valence-corrected chi connectivity index (χ4v) is 1.34. The molecule has 1 unspecified atom stereocenters. The minimum atomic E-state index is -0.340. The van der Waals surface area contributed by atoms with E-state index in [1.807, 2.05) is 27.7 Å². The van der Waals surface area contributed by atoms with Gasteiger partial charge in [0.15, 0.2) is 0 Å². The van der Waals surface area contributed by atoms with E-state index in [0.29, 0.717) is 18.8 Å². The van der Waals surface area contributed by atoms with Gasteiger partial charge in [-0.15, -0.1) is 0 Å². The summed E-state index contributed by atoms with van der Waals surface area (Å²) in [7, 11) is 0. The van der Waals surface area contributed by atoms with Gasteiger partial charge >= 0.3 is 5.97 Å². The number of nitrogens with two attached hydrogens (primary N) is 1. The molecule has 0 aliphatic rings. The average molecular weight is 241 g/mol. The molecule has 0 saturated carbocycles. The minimum absolute atomic E-state index is 0.00175. The van der Waals surface area contributed by atoms with Crippen LogP contribution in [0.1, 0.15) is 49.8 Å². The molecule has 0 aliphatic carbocycles. The van der Waals surface area contributed by atoms with Gasteiger partial charge in [-0.3, -0.25) is 4.68 Å². The van der Waals surface area contributed by atoms with Crippen molar-refractivity contribution in [2.45, 2.75) is 40.7 Å². The fraction of sp³-hybridized carbons (Fsp3) is 0.667.